The van der Waals surface area contributed by atoms with Gasteiger partial charge in [-0.05, 0) is 30.3 Å². The Hall–Kier alpha value is -3.29. The van der Waals surface area contributed by atoms with Crippen molar-refractivity contribution in [3.63, 3.8) is 0 Å². The fourth-order valence-electron chi connectivity index (χ4n) is 3.05. The molecule has 0 saturated heterocycles. The van der Waals surface area contributed by atoms with Crippen molar-refractivity contribution in [2.45, 2.75) is 6.61 Å². The number of Topliss-reactive ketones (excluding diaryl/α,β-unsaturated/α-hetero) is 1. The molecule has 0 amide bonds. The zero-order valence-corrected chi connectivity index (χ0v) is 16.6. The molecule has 0 N–H and O–H groups in total. The predicted octanol–water partition coefficient (Wildman–Crippen LogP) is 3.93. The Morgan fingerprint density at radius 2 is 2.13 bits per heavy atom. The van der Waals surface area contributed by atoms with Crippen LogP contribution in [0.3, 0.4) is 0 Å². The first-order chi connectivity index (χ1) is 14.5. The molecule has 4 rings (SSSR count). The highest BCUT2D eigenvalue weighted by Gasteiger charge is 2.29. The summed E-state index contributed by atoms with van der Waals surface area (Å²) in [7, 11) is 0. The van der Waals surface area contributed by atoms with Crippen LogP contribution in [0.2, 0.25) is 5.02 Å². The molecular weight excluding hydrogens is 412 g/mol. The lowest BCUT2D eigenvalue weighted by Crippen LogP contribution is -2.14. The monoisotopic (exact) mass is 428 g/mol. The Kier molecular flexibility index (Phi) is 5.74. The number of halogens is 1. The number of ketones is 1. The van der Waals surface area contributed by atoms with E-state index in [1.807, 2.05) is 0 Å². The van der Waals surface area contributed by atoms with Crippen molar-refractivity contribution in [3.05, 3.63) is 70.5 Å². The number of carbonyl (C=O) groups excluding carboxylic acids is 2. The summed E-state index contributed by atoms with van der Waals surface area (Å²) in [5.74, 6) is 0.646. The highest BCUT2D eigenvalue weighted by molar-refractivity contribution is 6.31. The lowest BCUT2D eigenvalue weighted by atomic mass is 10.1. The maximum absolute atomic E-state index is 12.7. The van der Waals surface area contributed by atoms with Gasteiger partial charge in [0.05, 0.1) is 12.2 Å². The van der Waals surface area contributed by atoms with E-state index in [9.17, 15) is 9.59 Å². The van der Waals surface area contributed by atoms with E-state index < -0.39 is 5.97 Å². The Balaban J connectivity index is 1.53. The van der Waals surface area contributed by atoms with Gasteiger partial charge in [0, 0.05) is 22.2 Å². The molecular formula is C22H17ClO7. The number of ether oxygens (including phenoxy) is 5. The summed E-state index contributed by atoms with van der Waals surface area (Å²) in [6.45, 7) is 3.81. The summed E-state index contributed by atoms with van der Waals surface area (Å²) in [6.07, 6.45) is 3.06. The maximum atomic E-state index is 12.7. The van der Waals surface area contributed by atoms with Crippen LogP contribution in [0, 0.1) is 0 Å². The number of fused-ring (bicyclic) bond motifs is 2. The van der Waals surface area contributed by atoms with E-state index in [4.69, 9.17) is 35.3 Å². The van der Waals surface area contributed by atoms with Gasteiger partial charge in [0.1, 0.15) is 23.9 Å². The molecule has 0 bridgehead atoms. The van der Waals surface area contributed by atoms with Crippen LogP contribution in [-0.2, 0) is 20.9 Å². The number of carbonyl (C=O) groups is 2. The van der Waals surface area contributed by atoms with Crippen molar-refractivity contribution in [2.24, 2.45) is 0 Å². The van der Waals surface area contributed by atoms with Gasteiger partial charge in [-0.15, -0.1) is 0 Å². The van der Waals surface area contributed by atoms with Crippen LogP contribution in [0.25, 0.3) is 6.08 Å². The van der Waals surface area contributed by atoms with E-state index in [2.05, 4.69) is 6.58 Å². The minimum absolute atomic E-state index is 0.112. The third-order valence-electron chi connectivity index (χ3n) is 4.35. The van der Waals surface area contributed by atoms with Gasteiger partial charge >= 0.3 is 5.97 Å². The summed E-state index contributed by atoms with van der Waals surface area (Å²) in [5.41, 5.74) is 1.81. The molecule has 2 aliphatic heterocycles. The lowest BCUT2D eigenvalue weighted by Gasteiger charge is -2.20. The first-order valence-corrected chi connectivity index (χ1v) is 9.43. The van der Waals surface area contributed by atoms with Crippen LogP contribution >= 0.6 is 11.6 Å². The molecule has 0 aliphatic carbocycles. The van der Waals surface area contributed by atoms with Gasteiger partial charge in [-0.3, -0.25) is 4.79 Å². The van der Waals surface area contributed by atoms with Crippen LogP contribution in [-0.4, -0.2) is 31.8 Å². The average Bonchev–Trinajstić information content (AvgIpc) is 3.05. The number of hydrogen-bond donors (Lipinski definition) is 0. The third-order valence-corrected chi connectivity index (χ3v) is 4.57. The Morgan fingerprint density at radius 1 is 1.27 bits per heavy atom. The van der Waals surface area contributed by atoms with E-state index >= 15 is 0 Å². The van der Waals surface area contributed by atoms with Crippen molar-refractivity contribution < 1.29 is 33.3 Å². The highest BCUT2D eigenvalue weighted by atomic mass is 35.5. The van der Waals surface area contributed by atoms with Crippen LogP contribution in [0.5, 0.6) is 17.2 Å². The molecule has 2 aromatic rings. The lowest BCUT2D eigenvalue weighted by molar-refractivity contribution is -0.144. The zero-order valence-electron chi connectivity index (χ0n) is 15.8. The quantitative estimate of drug-likeness (QED) is 0.391. The SMILES string of the molecule is C=CCOC(=O)COc1ccc2c(c1)O/C(=C\c1cc(Cl)cc3c1OCOC3)C2=O. The van der Waals surface area contributed by atoms with Gasteiger partial charge in [0.15, 0.2) is 19.2 Å². The molecule has 30 heavy (non-hydrogen) atoms. The first-order valence-electron chi connectivity index (χ1n) is 9.05. The maximum Gasteiger partial charge on any atom is 0.344 e. The molecule has 7 nitrogen and oxygen atoms in total. The van der Waals surface area contributed by atoms with E-state index in [0.717, 1.165) is 5.56 Å². The molecule has 2 heterocycles. The number of hydrogen-bond acceptors (Lipinski definition) is 7. The van der Waals surface area contributed by atoms with Crippen molar-refractivity contribution in [1.82, 2.24) is 0 Å². The van der Waals surface area contributed by atoms with E-state index in [1.165, 1.54) is 6.08 Å². The van der Waals surface area contributed by atoms with Gasteiger partial charge in [-0.2, -0.15) is 0 Å². The molecule has 8 heteroatoms. The summed E-state index contributed by atoms with van der Waals surface area (Å²) in [6, 6.07) is 8.17. The largest absolute Gasteiger partial charge is 0.482 e. The zero-order chi connectivity index (χ0) is 21.1. The molecule has 154 valence electrons. The summed E-state index contributed by atoms with van der Waals surface area (Å²) in [5, 5.41) is 0.497. The number of allylic oxidation sites excluding steroid dienone is 1. The molecule has 0 unspecified atom stereocenters. The predicted molar refractivity (Wildman–Crippen MR) is 108 cm³/mol. The van der Waals surface area contributed by atoms with Crippen LogP contribution in [0.4, 0.5) is 0 Å². The van der Waals surface area contributed by atoms with E-state index in [0.29, 0.717) is 40.0 Å². The van der Waals surface area contributed by atoms with Crippen molar-refractivity contribution in [2.75, 3.05) is 20.0 Å². The van der Waals surface area contributed by atoms with Crippen molar-refractivity contribution in [1.29, 1.82) is 0 Å². The number of esters is 1. The van der Waals surface area contributed by atoms with Gasteiger partial charge < -0.3 is 23.7 Å². The van der Waals surface area contributed by atoms with Crippen LogP contribution in [0.1, 0.15) is 21.5 Å². The summed E-state index contributed by atoms with van der Waals surface area (Å²) >= 11 is 6.18. The fraction of sp³-hybridized carbons (Fsp3) is 0.182. The first kappa shape index (κ1) is 20.0. The van der Waals surface area contributed by atoms with Gasteiger partial charge in [0.25, 0.3) is 0 Å². The fourth-order valence-corrected chi connectivity index (χ4v) is 3.30. The summed E-state index contributed by atoms with van der Waals surface area (Å²) < 4.78 is 26.8. The smallest absolute Gasteiger partial charge is 0.344 e. The molecule has 0 radical (unpaired) electrons. The van der Waals surface area contributed by atoms with Crippen LogP contribution < -0.4 is 14.2 Å². The van der Waals surface area contributed by atoms with E-state index in [1.54, 1.807) is 36.4 Å². The minimum Gasteiger partial charge on any atom is -0.482 e. The van der Waals surface area contributed by atoms with Gasteiger partial charge in [-0.1, -0.05) is 24.3 Å². The van der Waals surface area contributed by atoms with Gasteiger partial charge in [-0.25, -0.2) is 4.79 Å². The molecule has 2 aromatic carbocycles. The Morgan fingerprint density at radius 3 is 2.97 bits per heavy atom. The molecule has 2 aliphatic rings. The standard InChI is InChI=1S/C22H17ClO7/c1-2-5-27-20(24)11-28-16-3-4-17-18(9-16)30-19(21(17)25)8-13-6-15(23)7-14-10-26-12-29-22(13)14/h2-4,6-9H,1,5,10-12H2/b19-8-. The highest BCUT2D eigenvalue weighted by Crippen LogP contribution is 2.38. The molecule has 0 spiro atoms. The molecule has 0 atom stereocenters. The van der Waals surface area contributed by atoms with Gasteiger partial charge in [0.2, 0.25) is 5.78 Å². The molecule has 0 aromatic heterocycles. The third kappa shape index (κ3) is 4.17. The molecule has 0 fully saturated rings. The number of benzene rings is 2. The summed E-state index contributed by atoms with van der Waals surface area (Å²) in [4.78, 5) is 24.3. The van der Waals surface area contributed by atoms with E-state index in [-0.39, 0.29) is 31.5 Å². The second kappa shape index (κ2) is 8.61. The molecule has 0 saturated carbocycles. The Labute approximate surface area is 177 Å². The minimum atomic E-state index is -0.525. The normalized spacial score (nSPS) is 15.6. The second-order valence-corrected chi connectivity index (χ2v) is 6.89. The average molecular weight is 429 g/mol. The van der Waals surface area contributed by atoms with Crippen molar-refractivity contribution in [3.8, 4) is 17.2 Å². The second-order valence-electron chi connectivity index (χ2n) is 6.45. The van der Waals surface area contributed by atoms with Crippen molar-refractivity contribution >= 4 is 29.4 Å². The Bertz CT molecular complexity index is 1060. The topological polar surface area (TPSA) is 80.3 Å². The number of rotatable bonds is 6. The van der Waals surface area contributed by atoms with Crippen LogP contribution in [0.15, 0.2) is 48.7 Å².